The number of aryl methyl sites for hydroxylation is 2. The fourth-order valence-corrected chi connectivity index (χ4v) is 2.49. The van der Waals surface area contributed by atoms with E-state index in [1.807, 2.05) is 0 Å². The summed E-state index contributed by atoms with van der Waals surface area (Å²) in [7, 11) is 0. The van der Waals surface area contributed by atoms with E-state index in [4.69, 9.17) is 18.0 Å². The maximum atomic E-state index is 5.70. The van der Waals surface area contributed by atoms with Gasteiger partial charge in [-0.2, -0.15) is 0 Å². The first-order chi connectivity index (χ1) is 8.08. The maximum Gasteiger partial charge on any atom is 0.0773 e. The second kappa shape index (κ2) is 5.05. The molecule has 0 radical (unpaired) electrons. The maximum absolute atomic E-state index is 5.70. The number of rotatable bonds is 3. The Morgan fingerprint density at radius 2 is 2.29 bits per heavy atom. The first-order valence-electron chi connectivity index (χ1n) is 6.21. The van der Waals surface area contributed by atoms with Crippen molar-refractivity contribution in [3.05, 3.63) is 29.3 Å². The van der Waals surface area contributed by atoms with Gasteiger partial charge in [0.1, 0.15) is 0 Å². The minimum absolute atomic E-state index is 0.275. The molecule has 0 fully saturated rings. The number of thiocarbonyl (C=S) groups is 1. The van der Waals surface area contributed by atoms with Gasteiger partial charge >= 0.3 is 0 Å². The molecule has 1 aromatic rings. The topological polar surface area (TPSA) is 29.3 Å². The molecule has 92 valence electrons. The van der Waals surface area contributed by atoms with E-state index in [0.717, 1.165) is 13.1 Å². The molecule has 0 saturated carbocycles. The van der Waals surface area contributed by atoms with Crippen LogP contribution in [-0.4, -0.2) is 18.1 Å². The lowest BCUT2D eigenvalue weighted by atomic mass is 9.98. The van der Waals surface area contributed by atoms with Gasteiger partial charge in [-0.15, -0.1) is 0 Å². The van der Waals surface area contributed by atoms with E-state index in [-0.39, 0.29) is 5.92 Å². The van der Waals surface area contributed by atoms with Crippen molar-refractivity contribution in [3.63, 3.8) is 0 Å². The summed E-state index contributed by atoms with van der Waals surface area (Å²) >= 11 is 5.06. The molecular formula is C14H20N2S. The molecule has 0 amide bonds. The van der Waals surface area contributed by atoms with Crippen molar-refractivity contribution in [2.75, 3.05) is 18.0 Å². The highest BCUT2D eigenvalue weighted by molar-refractivity contribution is 7.80. The first-order valence-corrected chi connectivity index (χ1v) is 6.62. The summed E-state index contributed by atoms with van der Waals surface area (Å²) in [6.07, 6.45) is 2.41. The number of hydrogen-bond acceptors (Lipinski definition) is 2. The van der Waals surface area contributed by atoms with E-state index in [2.05, 4.69) is 36.9 Å². The summed E-state index contributed by atoms with van der Waals surface area (Å²) in [5, 5.41) is 0. The highest BCUT2D eigenvalue weighted by Gasteiger charge is 2.19. The van der Waals surface area contributed by atoms with Crippen LogP contribution in [0.3, 0.4) is 0 Å². The standard InChI is InChI=1S/C14H20N2S/c1-10-5-6-13-12(8-10)4-3-7-16(13)9-11(2)14(15)17/h5-6,8,11H,3-4,7,9H2,1-2H3,(H2,15,17). The second-order valence-corrected chi connectivity index (χ2v) is 5.46. The zero-order valence-electron chi connectivity index (χ0n) is 10.6. The predicted molar refractivity (Wildman–Crippen MR) is 77.7 cm³/mol. The van der Waals surface area contributed by atoms with Gasteiger partial charge in [-0.1, -0.05) is 36.8 Å². The van der Waals surface area contributed by atoms with Crippen molar-refractivity contribution in [2.45, 2.75) is 26.7 Å². The van der Waals surface area contributed by atoms with Crippen molar-refractivity contribution in [1.29, 1.82) is 0 Å². The minimum atomic E-state index is 0.275. The Hall–Kier alpha value is -1.09. The van der Waals surface area contributed by atoms with Gasteiger partial charge in [-0.3, -0.25) is 0 Å². The molecule has 0 spiro atoms. The monoisotopic (exact) mass is 248 g/mol. The lowest BCUT2D eigenvalue weighted by Crippen LogP contribution is -2.37. The summed E-state index contributed by atoms with van der Waals surface area (Å²) in [4.78, 5) is 3.03. The molecule has 0 bridgehead atoms. The summed E-state index contributed by atoms with van der Waals surface area (Å²) in [6, 6.07) is 6.71. The third kappa shape index (κ3) is 2.78. The molecule has 3 heteroatoms. The summed E-state index contributed by atoms with van der Waals surface area (Å²) in [5.41, 5.74) is 9.87. The molecule has 1 atom stereocenters. The van der Waals surface area contributed by atoms with E-state index in [1.165, 1.54) is 29.7 Å². The van der Waals surface area contributed by atoms with Gasteiger partial charge in [0, 0.05) is 24.7 Å². The number of nitrogens with two attached hydrogens (primary N) is 1. The lowest BCUT2D eigenvalue weighted by Gasteiger charge is -2.33. The van der Waals surface area contributed by atoms with Crippen LogP contribution in [0.4, 0.5) is 5.69 Å². The quantitative estimate of drug-likeness (QED) is 0.834. The lowest BCUT2D eigenvalue weighted by molar-refractivity contribution is 0.641. The van der Waals surface area contributed by atoms with Crippen LogP contribution in [0, 0.1) is 12.8 Å². The van der Waals surface area contributed by atoms with Crippen LogP contribution in [0.1, 0.15) is 24.5 Å². The van der Waals surface area contributed by atoms with Crippen LogP contribution in [0.25, 0.3) is 0 Å². The summed E-state index contributed by atoms with van der Waals surface area (Å²) in [5.74, 6) is 0.275. The molecule has 0 aliphatic carbocycles. The fourth-order valence-electron chi connectivity index (χ4n) is 2.41. The van der Waals surface area contributed by atoms with E-state index in [0.29, 0.717) is 4.99 Å². The van der Waals surface area contributed by atoms with Gasteiger partial charge in [-0.25, -0.2) is 0 Å². The Morgan fingerprint density at radius 3 is 3.00 bits per heavy atom. The van der Waals surface area contributed by atoms with Gasteiger partial charge in [0.2, 0.25) is 0 Å². The highest BCUT2D eigenvalue weighted by Crippen LogP contribution is 2.28. The van der Waals surface area contributed by atoms with Crippen LogP contribution >= 0.6 is 12.2 Å². The SMILES string of the molecule is Cc1ccc2c(c1)CCCN2CC(C)C(N)=S. The minimum Gasteiger partial charge on any atom is -0.393 e. The van der Waals surface area contributed by atoms with Gasteiger partial charge in [0.25, 0.3) is 0 Å². The van der Waals surface area contributed by atoms with Gasteiger partial charge in [0.15, 0.2) is 0 Å². The molecular weight excluding hydrogens is 228 g/mol. The summed E-state index contributed by atoms with van der Waals surface area (Å²) < 4.78 is 0. The number of anilines is 1. The van der Waals surface area contributed by atoms with Crippen molar-refractivity contribution < 1.29 is 0 Å². The van der Waals surface area contributed by atoms with Crippen LogP contribution in [-0.2, 0) is 6.42 Å². The Kier molecular flexibility index (Phi) is 3.67. The molecule has 2 nitrogen and oxygen atoms in total. The Morgan fingerprint density at radius 1 is 1.53 bits per heavy atom. The van der Waals surface area contributed by atoms with E-state index in [9.17, 15) is 0 Å². The van der Waals surface area contributed by atoms with E-state index in [1.54, 1.807) is 0 Å². The van der Waals surface area contributed by atoms with Crippen LogP contribution in [0.2, 0.25) is 0 Å². The zero-order valence-corrected chi connectivity index (χ0v) is 11.4. The Labute approximate surface area is 109 Å². The predicted octanol–water partition coefficient (Wildman–Crippen LogP) is 2.67. The van der Waals surface area contributed by atoms with E-state index < -0.39 is 0 Å². The van der Waals surface area contributed by atoms with E-state index >= 15 is 0 Å². The number of nitrogens with zero attached hydrogens (tertiary/aromatic N) is 1. The number of benzene rings is 1. The van der Waals surface area contributed by atoms with Crippen LogP contribution in [0.15, 0.2) is 18.2 Å². The van der Waals surface area contributed by atoms with Crippen molar-refractivity contribution >= 4 is 22.9 Å². The zero-order chi connectivity index (χ0) is 12.4. The van der Waals surface area contributed by atoms with Gasteiger partial charge in [0.05, 0.1) is 4.99 Å². The molecule has 1 aromatic carbocycles. The van der Waals surface area contributed by atoms with Crippen LogP contribution < -0.4 is 10.6 Å². The third-order valence-electron chi connectivity index (χ3n) is 3.43. The Bertz CT molecular complexity index is 428. The van der Waals surface area contributed by atoms with Crippen LogP contribution in [0.5, 0.6) is 0 Å². The van der Waals surface area contributed by atoms with Crippen molar-refractivity contribution in [3.8, 4) is 0 Å². The molecule has 0 saturated heterocycles. The molecule has 0 aromatic heterocycles. The number of hydrogen-bond donors (Lipinski definition) is 1. The fraction of sp³-hybridized carbons (Fsp3) is 0.500. The third-order valence-corrected chi connectivity index (χ3v) is 3.83. The highest BCUT2D eigenvalue weighted by atomic mass is 32.1. The molecule has 1 aliphatic rings. The molecule has 1 aliphatic heterocycles. The normalized spacial score (nSPS) is 16.5. The average molecular weight is 248 g/mol. The molecule has 2 N–H and O–H groups in total. The largest absolute Gasteiger partial charge is 0.393 e. The molecule has 17 heavy (non-hydrogen) atoms. The Balaban J connectivity index is 2.20. The summed E-state index contributed by atoms with van der Waals surface area (Å²) in [6.45, 7) is 6.30. The van der Waals surface area contributed by atoms with Gasteiger partial charge in [-0.05, 0) is 31.4 Å². The second-order valence-electron chi connectivity index (χ2n) is 4.99. The number of fused-ring (bicyclic) bond motifs is 1. The smallest absolute Gasteiger partial charge is 0.0773 e. The molecule has 1 heterocycles. The molecule has 1 unspecified atom stereocenters. The van der Waals surface area contributed by atoms with Crippen molar-refractivity contribution in [2.24, 2.45) is 11.7 Å². The van der Waals surface area contributed by atoms with Gasteiger partial charge < -0.3 is 10.6 Å². The van der Waals surface area contributed by atoms with Crippen molar-refractivity contribution in [1.82, 2.24) is 0 Å². The molecule has 2 rings (SSSR count). The first kappa shape index (κ1) is 12.4. The average Bonchev–Trinajstić information content (AvgIpc) is 2.28.